The minimum absolute atomic E-state index is 0.132. The van der Waals surface area contributed by atoms with Gasteiger partial charge in [0.05, 0.1) is 6.61 Å². The van der Waals surface area contributed by atoms with Gasteiger partial charge in [-0.2, -0.15) is 0 Å². The SMILES string of the molecule is CCCCC(CC)COc1nccc(CNC(C)C)c1F. The van der Waals surface area contributed by atoms with Crippen molar-refractivity contribution in [2.45, 2.75) is 66.0 Å². The van der Waals surface area contributed by atoms with E-state index >= 15 is 0 Å². The third kappa shape index (κ3) is 6.42. The zero-order valence-electron chi connectivity index (χ0n) is 13.8. The summed E-state index contributed by atoms with van der Waals surface area (Å²) in [5.74, 6) is 0.271. The van der Waals surface area contributed by atoms with Crippen LogP contribution in [0.15, 0.2) is 12.3 Å². The zero-order chi connectivity index (χ0) is 15.7. The second kappa shape index (κ2) is 9.72. The van der Waals surface area contributed by atoms with E-state index in [-0.39, 0.29) is 11.7 Å². The molecule has 1 rings (SSSR count). The van der Waals surface area contributed by atoms with E-state index in [1.807, 2.05) is 13.8 Å². The fraction of sp³-hybridized carbons (Fsp3) is 0.706. The molecular formula is C17H29FN2O. The standard InChI is InChI=1S/C17H29FN2O/c1-5-7-8-14(6-2)12-21-17-16(18)15(9-10-19-17)11-20-13(3)4/h9-10,13-14,20H,5-8,11-12H2,1-4H3. The highest BCUT2D eigenvalue weighted by atomic mass is 19.1. The smallest absolute Gasteiger partial charge is 0.250 e. The Balaban J connectivity index is 2.60. The Hall–Kier alpha value is -1.16. The molecule has 3 nitrogen and oxygen atoms in total. The van der Waals surface area contributed by atoms with E-state index in [9.17, 15) is 4.39 Å². The van der Waals surface area contributed by atoms with Crippen LogP contribution in [0.4, 0.5) is 4.39 Å². The van der Waals surface area contributed by atoms with Gasteiger partial charge in [-0.1, -0.05) is 47.0 Å². The van der Waals surface area contributed by atoms with Crippen molar-refractivity contribution in [3.05, 3.63) is 23.6 Å². The number of aromatic nitrogens is 1. The minimum Gasteiger partial charge on any atom is -0.475 e. The lowest BCUT2D eigenvalue weighted by atomic mass is 10.0. The molecule has 1 aromatic heterocycles. The molecule has 120 valence electrons. The second-order valence-corrected chi connectivity index (χ2v) is 5.85. The molecule has 1 unspecified atom stereocenters. The van der Waals surface area contributed by atoms with E-state index in [0.717, 1.165) is 12.8 Å². The van der Waals surface area contributed by atoms with Gasteiger partial charge in [0.25, 0.3) is 5.88 Å². The summed E-state index contributed by atoms with van der Waals surface area (Å²) in [6, 6.07) is 2.02. The molecule has 1 atom stereocenters. The molecule has 0 aromatic carbocycles. The van der Waals surface area contributed by atoms with E-state index in [1.165, 1.54) is 12.8 Å². The number of hydrogen-bond donors (Lipinski definition) is 1. The molecule has 0 aliphatic heterocycles. The second-order valence-electron chi connectivity index (χ2n) is 5.85. The number of hydrogen-bond acceptors (Lipinski definition) is 3. The third-order valence-electron chi connectivity index (χ3n) is 3.64. The molecule has 0 aliphatic rings. The summed E-state index contributed by atoms with van der Waals surface area (Å²) in [6.45, 7) is 9.44. The first-order chi connectivity index (χ1) is 10.1. The first-order valence-electron chi connectivity index (χ1n) is 8.08. The van der Waals surface area contributed by atoms with Crippen LogP contribution >= 0.6 is 0 Å². The molecule has 0 spiro atoms. The lowest BCUT2D eigenvalue weighted by molar-refractivity contribution is 0.216. The highest BCUT2D eigenvalue weighted by molar-refractivity contribution is 5.23. The summed E-state index contributed by atoms with van der Waals surface area (Å²) in [7, 11) is 0. The van der Waals surface area contributed by atoms with E-state index in [1.54, 1.807) is 12.3 Å². The number of nitrogens with one attached hydrogen (secondary N) is 1. The van der Waals surface area contributed by atoms with Crippen LogP contribution in [-0.4, -0.2) is 17.6 Å². The number of nitrogens with zero attached hydrogens (tertiary/aromatic N) is 1. The lowest BCUT2D eigenvalue weighted by Crippen LogP contribution is -2.22. The van der Waals surface area contributed by atoms with Crippen molar-refractivity contribution in [3.8, 4) is 5.88 Å². The van der Waals surface area contributed by atoms with Crippen molar-refractivity contribution in [1.82, 2.24) is 10.3 Å². The molecule has 1 aromatic rings. The molecule has 21 heavy (non-hydrogen) atoms. The third-order valence-corrected chi connectivity index (χ3v) is 3.64. The Kier molecular flexibility index (Phi) is 8.28. The Morgan fingerprint density at radius 2 is 2.10 bits per heavy atom. The summed E-state index contributed by atoms with van der Waals surface area (Å²) in [5.41, 5.74) is 0.607. The average molecular weight is 296 g/mol. The maximum Gasteiger partial charge on any atom is 0.250 e. The Labute approximate surface area is 128 Å². The Morgan fingerprint density at radius 1 is 1.33 bits per heavy atom. The highest BCUT2D eigenvalue weighted by Gasteiger charge is 2.13. The van der Waals surface area contributed by atoms with Crippen LogP contribution in [0.1, 0.15) is 58.9 Å². The van der Waals surface area contributed by atoms with Crippen LogP contribution < -0.4 is 10.1 Å². The van der Waals surface area contributed by atoms with Gasteiger partial charge in [0.15, 0.2) is 5.82 Å². The summed E-state index contributed by atoms with van der Waals surface area (Å²) in [5, 5.41) is 3.21. The summed E-state index contributed by atoms with van der Waals surface area (Å²) < 4.78 is 19.9. The van der Waals surface area contributed by atoms with Crippen molar-refractivity contribution in [1.29, 1.82) is 0 Å². The molecule has 0 radical (unpaired) electrons. The van der Waals surface area contributed by atoms with E-state index in [4.69, 9.17) is 4.74 Å². The quantitative estimate of drug-likeness (QED) is 0.698. The molecule has 0 aliphatic carbocycles. The molecule has 1 heterocycles. The molecule has 0 saturated heterocycles. The van der Waals surface area contributed by atoms with E-state index in [0.29, 0.717) is 30.7 Å². The number of ether oxygens (including phenoxy) is 1. The van der Waals surface area contributed by atoms with Gasteiger partial charge in [-0.05, 0) is 18.4 Å². The molecule has 4 heteroatoms. The number of pyridine rings is 1. The maximum absolute atomic E-state index is 14.3. The van der Waals surface area contributed by atoms with Crippen LogP contribution in [0.25, 0.3) is 0 Å². The Morgan fingerprint density at radius 3 is 2.71 bits per heavy atom. The van der Waals surface area contributed by atoms with E-state index < -0.39 is 0 Å². The van der Waals surface area contributed by atoms with Crippen LogP contribution in [0.3, 0.4) is 0 Å². The monoisotopic (exact) mass is 296 g/mol. The van der Waals surface area contributed by atoms with Crippen molar-refractivity contribution in [3.63, 3.8) is 0 Å². The van der Waals surface area contributed by atoms with Crippen LogP contribution in [0.5, 0.6) is 5.88 Å². The van der Waals surface area contributed by atoms with Gasteiger partial charge in [-0.15, -0.1) is 0 Å². The summed E-state index contributed by atoms with van der Waals surface area (Å²) >= 11 is 0. The lowest BCUT2D eigenvalue weighted by Gasteiger charge is -2.16. The molecule has 0 bridgehead atoms. The van der Waals surface area contributed by atoms with E-state index in [2.05, 4.69) is 24.1 Å². The van der Waals surface area contributed by atoms with Gasteiger partial charge >= 0.3 is 0 Å². The molecule has 0 saturated carbocycles. The molecule has 0 fully saturated rings. The van der Waals surface area contributed by atoms with Gasteiger partial charge < -0.3 is 10.1 Å². The van der Waals surface area contributed by atoms with Gasteiger partial charge in [-0.25, -0.2) is 9.37 Å². The van der Waals surface area contributed by atoms with Crippen LogP contribution in [0.2, 0.25) is 0 Å². The van der Waals surface area contributed by atoms with Crippen molar-refractivity contribution in [2.24, 2.45) is 5.92 Å². The average Bonchev–Trinajstić information content (AvgIpc) is 2.47. The topological polar surface area (TPSA) is 34.1 Å². The zero-order valence-corrected chi connectivity index (χ0v) is 13.8. The van der Waals surface area contributed by atoms with Gasteiger partial charge in [-0.3, -0.25) is 0 Å². The van der Waals surface area contributed by atoms with Gasteiger partial charge in [0.2, 0.25) is 0 Å². The summed E-state index contributed by atoms with van der Waals surface area (Å²) in [4.78, 5) is 4.03. The normalized spacial score (nSPS) is 12.7. The number of halogens is 1. The van der Waals surface area contributed by atoms with Gasteiger partial charge in [0.1, 0.15) is 0 Å². The summed E-state index contributed by atoms with van der Waals surface area (Å²) in [6.07, 6.45) is 6.16. The number of rotatable bonds is 10. The number of unbranched alkanes of at least 4 members (excludes halogenated alkanes) is 1. The van der Waals surface area contributed by atoms with Crippen molar-refractivity contribution < 1.29 is 9.13 Å². The maximum atomic E-state index is 14.3. The highest BCUT2D eigenvalue weighted by Crippen LogP contribution is 2.20. The first-order valence-corrected chi connectivity index (χ1v) is 8.08. The van der Waals surface area contributed by atoms with Crippen LogP contribution in [-0.2, 0) is 6.54 Å². The minimum atomic E-state index is -0.337. The largest absolute Gasteiger partial charge is 0.475 e. The molecule has 1 N–H and O–H groups in total. The molecular weight excluding hydrogens is 267 g/mol. The van der Waals surface area contributed by atoms with Crippen molar-refractivity contribution in [2.75, 3.05) is 6.61 Å². The van der Waals surface area contributed by atoms with Crippen molar-refractivity contribution >= 4 is 0 Å². The van der Waals surface area contributed by atoms with Crippen LogP contribution in [0, 0.1) is 11.7 Å². The Bertz CT molecular complexity index is 410. The molecule has 0 amide bonds. The fourth-order valence-electron chi connectivity index (χ4n) is 2.11. The fourth-order valence-corrected chi connectivity index (χ4v) is 2.11. The predicted molar refractivity (Wildman–Crippen MR) is 85.0 cm³/mol. The predicted octanol–water partition coefficient (Wildman–Crippen LogP) is 4.31. The first kappa shape index (κ1) is 17.9. The van der Waals surface area contributed by atoms with Gasteiger partial charge in [0, 0.05) is 24.3 Å².